The number of hydrogen-bond donors (Lipinski definition) is 5. The van der Waals surface area contributed by atoms with Crippen molar-refractivity contribution in [1.29, 1.82) is 0 Å². The van der Waals surface area contributed by atoms with E-state index in [1.165, 1.54) is 35.8 Å². The summed E-state index contributed by atoms with van der Waals surface area (Å²) in [5.41, 5.74) is 12.1. The van der Waals surface area contributed by atoms with Crippen molar-refractivity contribution in [2.24, 2.45) is 23.3 Å². The number of benzene rings is 2. The van der Waals surface area contributed by atoms with Crippen LogP contribution in [0.25, 0.3) is 0 Å². The number of aryl methyl sites for hydroxylation is 1. The second-order valence-corrected chi connectivity index (χ2v) is 19.1. The van der Waals surface area contributed by atoms with Crippen LogP contribution >= 0.6 is 21.6 Å². The van der Waals surface area contributed by atoms with Crippen molar-refractivity contribution >= 4 is 57.7 Å². The number of methoxy groups -OCH3 is 2. The Kier molecular flexibility index (Phi) is 29.9. The molecule has 0 spiro atoms. The van der Waals surface area contributed by atoms with Gasteiger partial charge < -0.3 is 55.8 Å². The standard InChI is InChI=1S/C49H73N5O12S2/c1-34(2)15-11-7-9-13-17-38(55)22-19-36-20-23-41(43(29-36)61-5)65-48(59)63-39(25-27-52-46(50)57)32-67-68-33-40(26-28-53-47(51)58)64-49(60)66-42-24-21-37(30-44(42)62-6)31-54-45(56)18-14-10-8-12-16-35(3)4/h11-12,15-16,20-21,23-24,29-30,34-35,39-40H,7-10,13-14,17-19,22,25-28,31-33H2,1-6H3,(H,54,56)(H3,50,52,57)(H3,51,53,58)/b15-11+,16-12+. The molecule has 378 valence electrons. The summed E-state index contributed by atoms with van der Waals surface area (Å²) >= 11 is 0. The molecule has 0 aliphatic heterocycles. The van der Waals surface area contributed by atoms with Crippen molar-refractivity contribution in [1.82, 2.24) is 16.0 Å². The summed E-state index contributed by atoms with van der Waals surface area (Å²) in [5, 5.41) is 7.87. The Morgan fingerprint density at radius 2 is 1.07 bits per heavy atom. The van der Waals surface area contributed by atoms with Gasteiger partial charge in [-0.3, -0.25) is 9.59 Å². The molecule has 0 heterocycles. The van der Waals surface area contributed by atoms with Gasteiger partial charge >= 0.3 is 24.4 Å². The van der Waals surface area contributed by atoms with Crippen molar-refractivity contribution in [3.05, 3.63) is 71.8 Å². The molecule has 0 fully saturated rings. The maximum atomic E-state index is 13.1. The summed E-state index contributed by atoms with van der Waals surface area (Å²) in [6.45, 7) is 8.98. The molecule has 2 rings (SSSR count). The maximum absolute atomic E-state index is 13.1. The molecular formula is C49H73N5O12S2. The van der Waals surface area contributed by atoms with Crippen LogP contribution in [0, 0.1) is 11.8 Å². The third-order valence-corrected chi connectivity index (χ3v) is 12.3. The van der Waals surface area contributed by atoms with Crippen molar-refractivity contribution < 1.29 is 57.2 Å². The van der Waals surface area contributed by atoms with Crippen LogP contribution in [0.4, 0.5) is 19.2 Å². The number of rotatable bonds is 34. The molecule has 7 N–H and O–H groups in total. The van der Waals surface area contributed by atoms with E-state index in [0.29, 0.717) is 43.3 Å². The number of urea groups is 2. The van der Waals surface area contributed by atoms with Gasteiger partial charge in [0.2, 0.25) is 5.91 Å². The van der Waals surface area contributed by atoms with Gasteiger partial charge in [-0.2, -0.15) is 0 Å². The normalized spacial score (nSPS) is 12.1. The van der Waals surface area contributed by atoms with Crippen LogP contribution in [0.5, 0.6) is 23.0 Å². The topological polar surface area (TPSA) is 246 Å². The molecule has 2 aromatic carbocycles. The smallest absolute Gasteiger partial charge is 0.493 e. The number of allylic oxidation sites excluding steroid dienone is 4. The van der Waals surface area contributed by atoms with Crippen molar-refractivity contribution in [2.45, 2.75) is 123 Å². The molecule has 2 unspecified atom stereocenters. The predicted molar refractivity (Wildman–Crippen MR) is 267 cm³/mol. The second-order valence-electron chi connectivity index (χ2n) is 16.5. The number of ketones is 1. The summed E-state index contributed by atoms with van der Waals surface area (Å²) in [6, 6.07) is 8.47. The molecule has 0 radical (unpaired) electrons. The number of carbonyl (C=O) groups is 6. The number of ether oxygens (including phenoxy) is 6. The van der Waals surface area contributed by atoms with E-state index in [-0.39, 0.29) is 72.9 Å². The van der Waals surface area contributed by atoms with E-state index >= 15 is 0 Å². The zero-order chi connectivity index (χ0) is 50.1. The summed E-state index contributed by atoms with van der Waals surface area (Å²) in [6.07, 6.45) is 12.7. The van der Waals surface area contributed by atoms with E-state index in [2.05, 4.69) is 67.9 Å². The summed E-state index contributed by atoms with van der Waals surface area (Å²) in [4.78, 5) is 73.8. The summed E-state index contributed by atoms with van der Waals surface area (Å²) in [5.74, 6) is 2.37. The highest BCUT2D eigenvalue weighted by Gasteiger charge is 2.22. The zero-order valence-electron chi connectivity index (χ0n) is 40.5. The van der Waals surface area contributed by atoms with Gasteiger partial charge in [-0.15, -0.1) is 0 Å². The minimum absolute atomic E-state index is 0.0633. The number of Topliss-reactive ketones (excluding diaryl/α,β-unsaturated/α-hetero) is 1. The van der Waals surface area contributed by atoms with Gasteiger partial charge in [-0.25, -0.2) is 19.2 Å². The quantitative estimate of drug-likeness (QED) is 0.0144. The molecule has 0 aliphatic carbocycles. The average Bonchev–Trinajstić information content (AvgIpc) is 3.28. The summed E-state index contributed by atoms with van der Waals surface area (Å²) < 4.78 is 33.2. The van der Waals surface area contributed by atoms with Crippen molar-refractivity contribution in [2.75, 3.05) is 38.8 Å². The van der Waals surface area contributed by atoms with Crippen LogP contribution in [0.2, 0.25) is 0 Å². The van der Waals surface area contributed by atoms with Crippen LogP contribution in [0.15, 0.2) is 60.7 Å². The van der Waals surface area contributed by atoms with Gasteiger partial charge in [0, 0.05) is 63.2 Å². The first-order valence-corrected chi connectivity index (χ1v) is 25.6. The van der Waals surface area contributed by atoms with Crippen LogP contribution in [-0.2, 0) is 32.0 Å². The molecular weight excluding hydrogens is 915 g/mol. The number of unbranched alkanes of at least 4 members (excludes halogenated alkanes) is 4. The van der Waals surface area contributed by atoms with E-state index < -0.39 is 36.6 Å². The van der Waals surface area contributed by atoms with E-state index in [9.17, 15) is 28.8 Å². The van der Waals surface area contributed by atoms with Crippen LogP contribution in [0.1, 0.15) is 109 Å². The number of amides is 5. The van der Waals surface area contributed by atoms with Gasteiger partial charge in [-0.1, -0.05) is 85.7 Å². The molecule has 0 saturated heterocycles. The summed E-state index contributed by atoms with van der Waals surface area (Å²) in [7, 11) is 5.47. The Morgan fingerprint density at radius 1 is 0.603 bits per heavy atom. The SMILES string of the molecule is COc1cc(CCC(=O)CCCC/C=C/C(C)C)ccc1OC(=O)OC(CCNC(N)=O)CSSCC(CCNC(N)=O)OC(=O)Oc1ccc(CNC(=O)CCCC/C=C/C(C)C)cc1OC. The Balaban J connectivity index is 1.95. The van der Waals surface area contributed by atoms with Crippen molar-refractivity contribution in [3.63, 3.8) is 0 Å². The Hall–Kier alpha value is -5.56. The van der Waals surface area contributed by atoms with E-state index in [0.717, 1.165) is 49.7 Å². The van der Waals surface area contributed by atoms with Crippen LogP contribution < -0.4 is 46.4 Å². The van der Waals surface area contributed by atoms with Gasteiger partial charge in [0.05, 0.1) is 14.2 Å². The molecule has 19 heteroatoms. The third kappa shape index (κ3) is 27.9. The first kappa shape index (κ1) is 58.6. The Bertz CT molecular complexity index is 1790. The lowest BCUT2D eigenvalue weighted by Gasteiger charge is -2.20. The largest absolute Gasteiger partial charge is 0.514 e. The molecule has 17 nitrogen and oxygen atoms in total. The molecule has 0 aromatic heterocycles. The molecule has 5 amide bonds. The molecule has 68 heavy (non-hydrogen) atoms. The van der Waals surface area contributed by atoms with E-state index in [4.69, 9.17) is 39.9 Å². The van der Waals surface area contributed by atoms with Crippen LogP contribution in [-0.4, -0.2) is 87.1 Å². The van der Waals surface area contributed by atoms with Crippen molar-refractivity contribution in [3.8, 4) is 23.0 Å². The van der Waals surface area contributed by atoms with Gasteiger partial charge in [0.25, 0.3) is 0 Å². The first-order chi connectivity index (χ1) is 32.6. The lowest BCUT2D eigenvalue weighted by Crippen LogP contribution is -2.34. The monoisotopic (exact) mass is 987 g/mol. The highest BCUT2D eigenvalue weighted by atomic mass is 33.1. The molecule has 0 aliphatic rings. The lowest BCUT2D eigenvalue weighted by atomic mass is 10.0. The Labute approximate surface area is 409 Å². The number of primary amides is 2. The second kappa shape index (κ2) is 34.7. The van der Waals surface area contributed by atoms with E-state index in [1.54, 1.807) is 36.4 Å². The van der Waals surface area contributed by atoms with Gasteiger partial charge in [-0.05, 0) is 92.2 Å². The zero-order valence-corrected chi connectivity index (χ0v) is 42.1. The number of nitrogens with one attached hydrogen (secondary N) is 3. The first-order valence-electron chi connectivity index (χ1n) is 23.1. The molecule has 2 atom stereocenters. The minimum atomic E-state index is -1.02. The Morgan fingerprint density at radius 3 is 1.54 bits per heavy atom. The van der Waals surface area contributed by atoms with E-state index in [1.807, 2.05) is 0 Å². The average molecular weight is 988 g/mol. The highest BCUT2D eigenvalue weighted by molar-refractivity contribution is 8.76. The fourth-order valence-corrected chi connectivity index (χ4v) is 8.69. The van der Waals surface area contributed by atoms with Crippen LogP contribution in [0.3, 0.4) is 0 Å². The number of hydrogen-bond acceptors (Lipinski definition) is 14. The number of nitrogens with two attached hydrogens (primary N) is 2. The highest BCUT2D eigenvalue weighted by Crippen LogP contribution is 2.32. The fourth-order valence-electron chi connectivity index (χ4n) is 6.24. The minimum Gasteiger partial charge on any atom is -0.493 e. The third-order valence-electron chi connectivity index (χ3n) is 9.82. The molecule has 0 bridgehead atoms. The number of carbonyl (C=O) groups excluding carboxylic acids is 6. The van der Waals surface area contributed by atoms with Gasteiger partial charge in [0.1, 0.15) is 18.0 Å². The molecule has 0 saturated carbocycles. The molecule has 2 aromatic rings. The maximum Gasteiger partial charge on any atom is 0.514 e. The lowest BCUT2D eigenvalue weighted by molar-refractivity contribution is -0.121. The predicted octanol–water partition coefficient (Wildman–Crippen LogP) is 9.33. The fraction of sp³-hybridized carbons (Fsp3) is 0.551. The van der Waals surface area contributed by atoms with Gasteiger partial charge in [0.15, 0.2) is 23.0 Å².